The molecule has 2 amide bonds. The van der Waals surface area contributed by atoms with E-state index in [2.05, 4.69) is 15.9 Å². The topological polar surface area (TPSA) is 93.7 Å². The Morgan fingerprint density at radius 3 is 2.62 bits per heavy atom. The summed E-state index contributed by atoms with van der Waals surface area (Å²) in [7, 11) is 0. The number of carbonyl (C=O) groups excluding carboxylic acids is 2. The van der Waals surface area contributed by atoms with E-state index >= 15 is 0 Å². The zero-order valence-electron chi connectivity index (χ0n) is 18.0. The molecule has 5 fully saturated rings. The third-order valence-electron chi connectivity index (χ3n) is 8.55. The summed E-state index contributed by atoms with van der Waals surface area (Å²) in [5, 5.41) is 9.39. The van der Waals surface area contributed by atoms with Gasteiger partial charge in [-0.3, -0.25) is 14.5 Å². The third kappa shape index (κ3) is 2.77. The number of carbonyl (C=O) groups is 2. The molecule has 1 aromatic carbocycles. The number of piperidine rings is 1. The summed E-state index contributed by atoms with van der Waals surface area (Å²) < 4.78 is 13.5. The monoisotopic (exact) mass is 437 g/mol. The Labute approximate surface area is 186 Å². The lowest BCUT2D eigenvalue weighted by atomic mass is 9.70. The van der Waals surface area contributed by atoms with Gasteiger partial charge in [-0.1, -0.05) is 12.1 Å². The van der Waals surface area contributed by atoms with Crippen molar-refractivity contribution in [3.63, 3.8) is 0 Å². The Bertz CT molecular complexity index is 1000. The molecule has 5 aliphatic rings. The average Bonchev–Trinajstić information content (AvgIpc) is 3.09. The SMILES string of the molecule is N#C[C@@H]1CC2C[C@@H]2N1C(=O)[C@@H](N)CN1C[C@@H]2C[C@H]1C(=O)N2C1(c2ccc(F)cc2)CCC1. The van der Waals surface area contributed by atoms with Gasteiger partial charge in [0, 0.05) is 25.2 Å². The Morgan fingerprint density at radius 1 is 1.25 bits per heavy atom. The van der Waals surface area contributed by atoms with E-state index in [0.29, 0.717) is 19.0 Å². The number of nitriles is 1. The largest absolute Gasteiger partial charge is 0.327 e. The van der Waals surface area contributed by atoms with Crippen LogP contribution in [-0.2, 0) is 15.1 Å². The fraction of sp³-hybridized carbons (Fsp3) is 0.625. The van der Waals surface area contributed by atoms with Crippen LogP contribution in [0, 0.1) is 23.1 Å². The van der Waals surface area contributed by atoms with Crippen LogP contribution in [0.4, 0.5) is 4.39 Å². The van der Waals surface area contributed by atoms with Crippen molar-refractivity contribution in [3.05, 3.63) is 35.6 Å². The van der Waals surface area contributed by atoms with Crippen molar-refractivity contribution in [2.45, 2.75) is 74.3 Å². The van der Waals surface area contributed by atoms with Crippen molar-refractivity contribution in [3.8, 4) is 6.07 Å². The number of piperazine rings is 1. The summed E-state index contributed by atoms with van der Waals surface area (Å²) in [5.74, 6) is 0.133. The molecule has 32 heavy (non-hydrogen) atoms. The van der Waals surface area contributed by atoms with Crippen LogP contribution in [0.3, 0.4) is 0 Å². The molecule has 8 heteroatoms. The number of fused-ring (bicyclic) bond motifs is 3. The van der Waals surface area contributed by atoms with Gasteiger partial charge in [0.25, 0.3) is 0 Å². The minimum absolute atomic E-state index is 0.0895. The van der Waals surface area contributed by atoms with Crippen LogP contribution in [0.1, 0.15) is 44.1 Å². The van der Waals surface area contributed by atoms with Gasteiger partial charge in [-0.05, 0) is 62.1 Å². The van der Waals surface area contributed by atoms with E-state index in [0.717, 1.165) is 44.1 Å². The number of halogens is 1. The number of nitrogens with two attached hydrogens (primary N) is 1. The fourth-order valence-electron chi connectivity index (χ4n) is 6.78. The molecule has 3 aliphatic heterocycles. The standard InChI is InChI=1S/C24H28FN5O2/c25-16-4-2-15(3-5-16)24(6-1-7-24)30-18-10-21(23(30)32)28(12-18)13-19(27)22(31)29-17(11-26)8-14-9-20(14)29/h2-5,14,17-21H,1,6-10,12-13,27H2/t14?,17-,18-,19-,20-,21-/m0/s1. The quantitative estimate of drug-likeness (QED) is 0.750. The zero-order chi connectivity index (χ0) is 22.2. The van der Waals surface area contributed by atoms with Crippen LogP contribution >= 0.6 is 0 Å². The van der Waals surface area contributed by atoms with E-state index in [9.17, 15) is 19.2 Å². The summed E-state index contributed by atoms with van der Waals surface area (Å²) in [4.78, 5) is 32.3. The van der Waals surface area contributed by atoms with Gasteiger partial charge in [0.2, 0.25) is 11.8 Å². The number of benzene rings is 1. The number of amides is 2. The van der Waals surface area contributed by atoms with E-state index < -0.39 is 6.04 Å². The minimum Gasteiger partial charge on any atom is -0.327 e. The van der Waals surface area contributed by atoms with Gasteiger partial charge >= 0.3 is 0 Å². The molecule has 168 valence electrons. The van der Waals surface area contributed by atoms with Crippen LogP contribution in [0.5, 0.6) is 0 Å². The molecule has 3 saturated heterocycles. The molecule has 1 unspecified atom stereocenters. The summed E-state index contributed by atoms with van der Waals surface area (Å²) in [6, 6.07) is 7.75. The lowest BCUT2D eigenvalue weighted by molar-refractivity contribution is -0.150. The van der Waals surface area contributed by atoms with E-state index in [1.165, 1.54) is 12.1 Å². The molecule has 2 N–H and O–H groups in total. The summed E-state index contributed by atoms with van der Waals surface area (Å²) in [6.45, 7) is 1.04. The van der Waals surface area contributed by atoms with Gasteiger partial charge in [-0.15, -0.1) is 0 Å². The Balaban J connectivity index is 1.15. The van der Waals surface area contributed by atoms with Gasteiger partial charge < -0.3 is 15.5 Å². The van der Waals surface area contributed by atoms with E-state index in [-0.39, 0.29) is 47.3 Å². The van der Waals surface area contributed by atoms with Gasteiger partial charge in [0.15, 0.2) is 0 Å². The number of hydrogen-bond acceptors (Lipinski definition) is 5. The molecule has 3 heterocycles. The summed E-state index contributed by atoms with van der Waals surface area (Å²) in [5.41, 5.74) is 7.00. The molecule has 2 aliphatic carbocycles. The van der Waals surface area contributed by atoms with E-state index in [1.54, 1.807) is 4.90 Å². The molecule has 6 rings (SSSR count). The lowest BCUT2D eigenvalue weighted by Gasteiger charge is -2.53. The molecule has 1 aromatic rings. The number of rotatable bonds is 5. The Kier molecular flexibility index (Phi) is 4.40. The second kappa shape index (κ2) is 7.00. The van der Waals surface area contributed by atoms with E-state index in [4.69, 9.17) is 5.73 Å². The van der Waals surface area contributed by atoms with Crippen molar-refractivity contribution < 1.29 is 14.0 Å². The Morgan fingerprint density at radius 2 is 2.00 bits per heavy atom. The van der Waals surface area contributed by atoms with Crippen LogP contribution in [0.2, 0.25) is 0 Å². The van der Waals surface area contributed by atoms with Crippen molar-refractivity contribution >= 4 is 11.8 Å². The second-order valence-corrected chi connectivity index (χ2v) is 10.3. The van der Waals surface area contributed by atoms with Crippen molar-refractivity contribution in [2.75, 3.05) is 13.1 Å². The van der Waals surface area contributed by atoms with Gasteiger partial charge in [-0.25, -0.2) is 4.39 Å². The molecule has 2 saturated carbocycles. The molecular formula is C24H28FN5O2. The van der Waals surface area contributed by atoms with Crippen LogP contribution in [-0.4, -0.2) is 69.8 Å². The molecule has 2 bridgehead atoms. The first-order valence-corrected chi connectivity index (χ1v) is 11.7. The highest BCUT2D eigenvalue weighted by atomic mass is 19.1. The lowest BCUT2D eigenvalue weighted by Crippen LogP contribution is -2.62. The van der Waals surface area contributed by atoms with Gasteiger partial charge in [0.1, 0.15) is 11.9 Å². The predicted molar refractivity (Wildman–Crippen MR) is 113 cm³/mol. The number of hydrogen-bond donors (Lipinski definition) is 1. The number of likely N-dealkylation sites (tertiary alicyclic amines) is 3. The highest BCUT2D eigenvalue weighted by Crippen LogP contribution is 2.52. The summed E-state index contributed by atoms with van der Waals surface area (Å²) >= 11 is 0. The Hall–Kier alpha value is -2.50. The third-order valence-corrected chi connectivity index (χ3v) is 8.55. The molecule has 6 atom stereocenters. The predicted octanol–water partition coefficient (Wildman–Crippen LogP) is 1.33. The van der Waals surface area contributed by atoms with Gasteiger partial charge in [0.05, 0.1) is 23.7 Å². The normalized spacial score (nSPS) is 35.4. The average molecular weight is 438 g/mol. The summed E-state index contributed by atoms with van der Waals surface area (Å²) in [6.07, 6.45) is 5.34. The molecule has 0 spiro atoms. The molecule has 0 aromatic heterocycles. The van der Waals surface area contributed by atoms with E-state index in [1.807, 2.05) is 12.1 Å². The minimum atomic E-state index is -0.722. The van der Waals surface area contributed by atoms with Gasteiger partial charge in [-0.2, -0.15) is 5.26 Å². The first-order valence-electron chi connectivity index (χ1n) is 11.7. The maximum Gasteiger partial charge on any atom is 0.242 e. The van der Waals surface area contributed by atoms with Crippen molar-refractivity contribution in [2.24, 2.45) is 11.7 Å². The first-order chi connectivity index (χ1) is 15.4. The first kappa shape index (κ1) is 20.1. The molecular weight excluding hydrogens is 409 g/mol. The smallest absolute Gasteiger partial charge is 0.242 e. The molecule has 0 radical (unpaired) electrons. The second-order valence-electron chi connectivity index (χ2n) is 10.3. The van der Waals surface area contributed by atoms with Crippen molar-refractivity contribution in [1.82, 2.24) is 14.7 Å². The highest BCUT2D eigenvalue weighted by molar-refractivity contribution is 5.87. The number of nitrogens with zero attached hydrogens (tertiary/aromatic N) is 4. The van der Waals surface area contributed by atoms with Crippen molar-refractivity contribution in [1.29, 1.82) is 5.26 Å². The zero-order valence-corrected chi connectivity index (χ0v) is 18.0. The van der Waals surface area contributed by atoms with Crippen LogP contribution in [0.25, 0.3) is 0 Å². The fourth-order valence-corrected chi connectivity index (χ4v) is 6.78. The highest BCUT2D eigenvalue weighted by Gasteiger charge is 2.59. The van der Waals surface area contributed by atoms with Crippen LogP contribution < -0.4 is 5.73 Å². The molecule has 7 nitrogen and oxygen atoms in total. The maximum absolute atomic E-state index is 13.5. The maximum atomic E-state index is 13.5. The van der Waals surface area contributed by atoms with Crippen LogP contribution in [0.15, 0.2) is 24.3 Å².